The minimum absolute atomic E-state index is 0.0209. The Kier molecular flexibility index (Phi) is 4.61. The molecule has 118 valence electrons. The van der Waals surface area contributed by atoms with Crippen LogP contribution in [0.4, 0.5) is 10.2 Å². The van der Waals surface area contributed by atoms with Gasteiger partial charge in [0, 0.05) is 17.0 Å². The van der Waals surface area contributed by atoms with Crippen LogP contribution in [0.25, 0.3) is 10.9 Å². The topological polar surface area (TPSA) is 58.0 Å². The molecule has 1 aromatic heterocycles. The molecule has 2 aromatic carbocycles. The van der Waals surface area contributed by atoms with Gasteiger partial charge in [-0.3, -0.25) is 0 Å². The summed E-state index contributed by atoms with van der Waals surface area (Å²) in [6.45, 7) is 0.163. The molecule has 3 aromatic rings. The fourth-order valence-electron chi connectivity index (χ4n) is 2.20. The standard InChI is InChI=1S/C16H12Cl2FN3O/c17-10-2-3-11-14(6-10)21-8-22-16(11)20-7-15(23)9-1-4-12(18)13(19)5-9/h1-6,8,15,23H,7H2,(H,20,21,22). The highest BCUT2D eigenvalue weighted by Gasteiger charge is 2.11. The van der Waals surface area contributed by atoms with Gasteiger partial charge < -0.3 is 10.4 Å². The van der Waals surface area contributed by atoms with Gasteiger partial charge in [-0.2, -0.15) is 0 Å². The number of nitrogens with zero attached hydrogens (tertiary/aromatic N) is 2. The van der Waals surface area contributed by atoms with Gasteiger partial charge in [0.25, 0.3) is 0 Å². The van der Waals surface area contributed by atoms with Crippen molar-refractivity contribution in [3.63, 3.8) is 0 Å². The number of benzene rings is 2. The number of hydrogen-bond acceptors (Lipinski definition) is 4. The molecule has 23 heavy (non-hydrogen) atoms. The van der Waals surface area contributed by atoms with E-state index in [1.165, 1.54) is 18.5 Å². The van der Waals surface area contributed by atoms with Crippen molar-refractivity contribution >= 4 is 39.9 Å². The molecular weight excluding hydrogens is 340 g/mol. The maximum Gasteiger partial charge on any atom is 0.142 e. The van der Waals surface area contributed by atoms with E-state index >= 15 is 0 Å². The van der Waals surface area contributed by atoms with Crippen LogP contribution in [0.2, 0.25) is 10.0 Å². The molecule has 1 unspecified atom stereocenters. The van der Waals surface area contributed by atoms with Gasteiger partial charge in [0.1, 0.15) is 18.0 Å². The first-order valence-corrected chi connectivity index (χ1v) is 7.57. The van der Waals surface area contributed by atoms with Crippen LogP contribution in [0.5, 0.6) is 0 Å². The predicted octanol–water partition coefficient (Wildman–Crippen LogP) is 4.22. The first-order chi connectivity index (χ1) is 11.0. The Balaban J connectivity index is 1.79. The molecule has 4 nitrogen and oxygen atoms in total. The molecule has 0 aliphatic carbocycles. The van der Waals surface area contributed by atoms with Gasteiger partial charge in [0.2, 0.25) is 0 Å². The van der Waals surface area contributed by atoms with Crippen molar-refractivity contribution in [1.82, 2.24) is 9.97 Å². The van der Waals surface area contributed by atoms with E-state index in [1.54, 1.807) is 24.3 Å². The number of aromatic nitrogens is 2. The first-order valence-electron chi connectivity index (χ1n) is 6.82. The van der Waals surface area contributed by atoms with Gasteiger partial charge in [-0.1, -0.05) is 29.3 Å². The fraction of sp³-hybridized carbons (Fsp3) is 0.125. The van der Waals surface area contributed by atoms with Gasteiger partial charge in [0.15, 0.2) is 0 Å². The number of fused-ring (bicyclic) bond motifs is 1. The molecule has 2 N–H and O–H groups in total. The number of nitrogens with one attached hydrogen (secondary N) is 1. The van der Waals surface area contributed by atoms with Crippen LogP contribution in [0.1, 0.15) is 11.7 Å². The van der Waals surface area contributed by atoms with Crippen LogP contribution in [-0.4, -0.2) is 21.6 Å². The Bertz CT molecular complexity index is 860. The zero-order valence-electron chi connectivity index (χ0n) is 11.8. The Labute approximate surface area is 141 Å². The number of rotatable bonds is 4. The molecule has 0 radical (unpaired) electrons. The summed E-state index contributed by atoms with van der Waals surface area (Å²) in [6.07, 6.45) is 0.508. The quantitative estimate of drug-likeness (QED) is 0.738. The molecule has 1 heterocycles. The first kappa shape index (κ1) is 15.9. The lowest BCUT2D eigenvalue weighted by molar-refractivity contribution is 0.191. The Morgan fingerprint density at radius 2 is 1.96 bits per heavy atom. The van der Waals surface area contributed by atoms with E-state index in [1.807, 2.05) is 0 Å². The minimum Gasteiger partial charge on any atom is -0.387 e. The summed E-state index contributed by atoms with van der Waals surface area (Å²) < 4.78 is 13.5. The summed E-state index contributed by atoms with van der Waals surface area (Å²) in [7, 11) is 0. The average molecular weight is 352 g/mol. The van der Waals surface area contributed by atoms with Crippen molar-refractivity contribution in [3.8, 4) is 0 Å². The van der Waals surface area contributed by atoms with Gasteiger partial charge in [-0.25, -0.2) is 14.4 Å². The van der Waals surface area contributed by atoms with E-state index in [-0.39, 0.29) is 11.6 Å². The average Bonchev–Trinajstić information content (AvgIpc) is 2.54. The van der Waals surface area contributed by atoms with Crippen molar-refractivity contribution in [3.05, 3.63) is 64.2 Å². The van der Waals surface area contributed by atoms with Gasteiger partial charge in [-0.05, 0) is 35.9 Å². The van der Waals surface area contributed by atoms with E-state index < -0.39 is 11.9 Å². The van der Waals surface area contributed by atoms with Crippen LogP contribution < -0.4 is 5.32 Å². The normalized spacial score (nSPS) is 12.3. The van der Waals surface area contributed by atoms with Crippen LogP contribution >= 0.6 is 23.2 Å². The zero-order valence-corrected chi connectivity index (χ0v) is 13.3. The summed E-state index contributed by atoms with van der Waals surface area (Å²) >= 11 is 11.6. The third-order valence-electron chi connectivity index (χ3n) is 3.39. The van der Waals surface area contributed by atoms with Crippen molar-refractivity contribution in [2.45, 2.75) is 6.10 Å². The molecule has 0 aliphatic heterocycles. The number of hydrogen-bond donors (Lipinski definition) is 2. The monoisotopic (exact) mass is 351 g/mol. The molecule has 0 amide bonds. The van der Waals surface area contributed by atoms with Crippen molar-refractivity contribution in [2.75, 3.05) is 11.9 Å². The second-order valence-corrected chi connectivity index (χ2v) is 5.80. The Morgan fingerprint density at radius 1 is 1.13 bits per heavy atom. The lowest BCUT2D eigenvalue weighted by Gasteiger charge is -2.14. The highest BCUT2D eigenvalue weighted by Crippen LogP contribution is 2.24. The largest absolute Gasteiger partial charge is 0.387 e. The molecule has 0 aliphatic rings. The summed E-state index contributed by atoms with van der Waals surface area (Å²) in [5.74, 6) is 0.00509. The van der Waals surface area contributed by atoms with Crippen LogP contribution in [0.15, 0.2) is 42.7 Å². The lowest BCUT2D eigenvalue weighted by Crippen LogP contribution is -2.13. The highest BCUT2D eigenvalue weighted by atomic mass is 35.5. The van der Waals surface area contributed by atoms with Gasteiger partial charge in [-0.15, -0.1) is 0 Å². The number of aliphatic hydroxyl groups is 1. The van der Waals surface area contributed by atoms with E-state index in [2.05, 4.69) is 15.3 Å². The summed E-state index contributed by atoms with van der Waals surface area (Å²) in [6, 6.07) is 9.48. The summed E-state index contributed by atoms with van der Waals surface area (Å²) in [4.78, 5) is 8.31. The van der Waals surface area contributed by atoms with E-state index in [0.29, 0.717) is 21.9 Å². The third kappa shape index (κ3) is 3.52. The second-order valence-electron chi connectivity index (χ2n) is 4.95. The lowest BCUT2D eigenvalue weighted by atomic mass is 10.1. The molecule has 1 atom stereocenters. The number of aliphatic hydroxyl groups excluding tert-OH is 1. The van der Waals surface area contributed by atoms with Gasteiger partial charge >= 0.3 is 0 Å². The van der Waals surface area contributed by atoms with Crippen LogP contribution in [0, 0.1) is 5.82 Å². The third-order valence-corrected chi connectivity index (χ3v) is 3.93. The Hall–Kier alpha value is -1.95. The molecule has 0 saturated carbocycles. The molecule has 0 fully saturated rings. The van der Waals surface area contributed by atoms with Gasteiger partial charge in [0.05, 0.1) is 16.6 Å². The SMILES string of the molecule is OC(CNc1ncnc2cc(Cl)ccc12)c1ccc(Cl)c(F)c1. The predicted molar refractivity (Wildman–Crippen MR) is 89.4 cm³/mol. The van der Waals surface area contributed by atoms with E-state index in [0.717, 1.165) is 5.39 Å². The molecule has 0 bridgehead atoms. The van der Waals surface area contributed by atoms with E-state index in [4.69, 9.17) is 23.2 Å². The van der Waals surface area contributed by atoms with E-state index in [9.17, 15) is 9.50 Å². The van der Waals surface area contributed by atoms with Crippen LogP contribution in [0.3, 0.4) is 0 Å². The molecule has 7 heteroatoms. The Morgan fingerprint density at radius 3 is 2.74 bits per heavy atom. The van der Waals surface area contributed by atoms with Crippen molar-refractivity contribution < 1.29 is 9.50 Å². The zero-order chi connectivity index (χ0) is 16.4. The number of anilines is 1. The van der Waals surface area contributed by atoms with Crippen molar-refractivity contribution in [1.29, 1.82) is 0 Å². The second kappa shape index (κ2) is 6.66. The maximum absolute atomic E-state index is 13.5. The molecular formula is C16H12Cl2FN3O. The maximum atomic E-state index is 13.5. The number of halogens is 3. The fourth-order valence-corrected chi connectivity index (χ4v) is 2.49. The highest BCUT2D eigenvalue weighted by molar-refractivity contribution is 6.31. The molecule has 3 rings (SSSR count). The van der Waals surface area contributed by atoms with Crippen LogP contribution in [-0.2, 0) is 0 Å². The van der Waals surface area contributed by atoms with Crippen molar-refractivity contribution in [2.24, 2.45) is 0 Å². The summed E-state index contributed by atoms with van der Waals surface area (Å²) in [5.41, 5.74) is 1.13. The minimum atomic E-state index is -0.904. The molecule has 0 spiro atoms. The summed E-state index contributed by atoms with van der Waals surface area (Å²) in [5, 5.41) is 14.6. The smallest absolute Gasteiger partial charge is 0.142 e. The molecule has 0 saturated heterocycles.